The summed E-state index contributed by atoms with van der Waals surface area (Å²) in [5.74, 6) is 0.338. The summed E-state index contributed by atoms with van der Waals surface area (Å²) in [6.07, 6.45) is 1.48. The number of benzene rings is 1. The molecular weight excluding hydrogens is 277 g/mol. The van der Waals surface area contributed by atoms with Crippen LogP contribution in [0.3, 0.4) is 0 Å². The molecule has 1 heterocycles. The van der Waals surface area contributed by atoms with E-state index in [1.54, 1.807) is 0 Å². The third kappa shape index (κ3) is 3.30. The third-order valence-electron chi connectivity index (χ3n) is 2.48. The molecule has 1 unspecified atom stereocenters. The quantitative estimate of drug-likeness (QED) is 0.906. The average molecular weight is 291 g/mol. The molecular formula is C11H13BrClNO. The molecule has 0 bridgehead atoms. The van der Waals surface area contributed by atoms with Gasteiger partial charge in [-0.25, -0.2) is 0 Å². The minimum atomic E-state index is 0. The van der Waals surface area contributed by atoms with Crippen molar-refractivity contribution in [1.82, 2.24) is 5.32 Å². The molecule has 1 aromatic carbocycles. The molecule has 0 aliphatic carbocycles. The number of ketones is 1. The SMILES string of the molecule is Cl.O=C1CCNC1Cc1cccc(Br)c1. The number of hydrogen-bond acceptors (Lipinski definition) is 2. The molecule has 1 atom stereocenters. The standard InChI is InChI=1S/C11H12BrNO.ClH/c12-9-3-1-2-8(6-9)7-10-11(14)4-5-13-10;/h1-3,6,10,13H,4-5,7H2;1H. The Balaban J connectivity index is 0.00000112. The highest BCUT2D eigenvalue weighted by molar-refractivity contribution is 9.10. The van der Waals surface area contributed by atoms with Gasteiger partial charge in [-0.1, -0.05) is 28.1 Å². The minimum absolute atomic E-state index is 0. The lowest BCUT2D eigenvalue weighted by atomic mass is 10.0. The molecule has 0 spiro atoms. The van der Waals surface area contributed by atoms with Gasteiger partial charge in [0.1, 0.15) is 0 Å². The van der Waals surface area contributed by atoms with Crippen molar-refractivity contribution < 1.29 is 4.79 Å². The summed E-state index contributed by atoms with van der Waals surface area (Å²) in [5, 5.41) is 3.21. The first kappa shape index (κ1) is 12.7. The van der Waals surface area contributed by atoms with E-state index in [9.17, 15) is 4.79 Å². The van der Waals surface area contributed by atoms with Crippen LogP contribution in [-0.2, 0) is 11.2 Å². The zero-order valence-corrected chi connectivity index (χ0v) is 10.6. The van der Waals surface area contributed by atoms with E-state index in [2.05, 4.69) is 33.4 Å². The third-order valence-corrected chi connectivity index (χ3v) is 2.97. The Hall–Kier alpha value is -0.380. The Morgan fingerprint density at radius 3 is 2.87 bits per heavy atom. The molecule has 82 valence electrons. The second-order valence-corrected chi connectivity index (χ2v) is 4.47. The maximum absolute atomic E-state index is 11.4. The normalized spacial score (nSPS) is 20.1. The van der Waals surface area contributed by atoms with E-state index in [1.165, 1.54) is 5.56 Å². The zero-order chi connectivity index (χ0) is 9.97. The van der Waals surface area contributed by atoms with Crippen molar-refractivity contribution in [2.45, 2.75) is 18.9 Å². The number of rotatable bonds is 2. The first-order chi connectivity index (χ1) is 6.75. The van der Waals surface area contributed by atoms with Crippen LogP contribution in [0.25, 0.3) is 0 Å². The summed E-state index contributed by atoms with van der Waals surface area (Å²) in [6.45, 7) is 0.831. The van der Waals surface area contributed by atoms with Crippen LogP contribution in [-0.4, -0.2) is 18.4 Å². The smallest absolute Gasteiger partial charge is 0.151 e. The fourth-order valence-corrected chi connectivity index (χ4v) is 2.19. The minimum Gasteiger partial charge on any atom is -0.307 e. The van der Waals surface area contributed by atoms with Crippen LogP contribution < -0.4 is 5.32 Å². The van der Waals surface area contributed by atoms with E-state index >= 15 is 0 Å². The lowest BCUT2D eigenvalue weighted by Gasteiger charge is -2.08. The van der Waals surface area contributed by atoms with Crippen molar-refractivity contribution in [2.24, 2.45) is 0 Å². The van der Waals surface area contributed by atoms with Crippen LogP contribution in [0.15, 0.2) is 28.7 Å². The summed E-state index contributed by atoms with van der Waals surface area (Å²) in [7, 11) is 0. The van der Waals surface area contributed by atoms with Gasteiger partial charge >= 0.3 is 0 Å². The molecule has 0 radical (unpaired) electrons. The highest BCUT2D eigenvalue weighted by Crippen LogP contribution is 2.14. The molecule has 1 N–H and O–H groups in total. The molecule has 0 aromatic heterocycles. The molecule has 4 heteroatoms. The van der Waals surface area contributed by atoms with Crippen molar-refractivity contribution in [3.05, 3.63) is 34.3 Å². The van der Waals surface area contributed by atoms with Crippen molar-refractivity contribution in [2.75, 3.05) is 6.54 Å². The van der Waals surface area contributed by atoms with Crippen LogP contribution in [0.5, 0.6) is 0 Å². The van der Waals surface area contributed by atoms with Gasteiger partial charge in [0.05, 0.1) is 6.04 Å². The molecule has 1 aromatic rings. The summed E-state index contributed by atoms with van der Waals surface area (Å²) < 4.78 is 1.07. The number of nitrogens with one attached hydrogen (secondary N) is 1. The second-order valence-electron chi connectivity index (χ2n) is 3.56. The molecule has 2 rings (SSSR count). The zero-order valence-electron chi connectivity index (χ0n) is 8.20. The number of Topliss-reactive ketones (excluding diaryl/α,β-unsaturated/α-hetero) is 1. The number of halogens is 2. The van der Waals surface area contributed by atoms with Crippen molar-refractivity contribution in [3.63, 3.8) is 0 Å². The number of carbonyl (C=O) groups excluding carboxylic acids is 1. The van der Waals surface area contributed by atoms with Gasteiger partial charge < -0.3 is 5.32 Å². The topological polar surface area (TPSA) is 29.1 Å². The van der Waals surface area contributed by atoms with E-state index in [4.69, 9.17) is 0 Å². The fraction of sp³-hybridized carbons (Fsp3) is 0.364. The van der Waals surface area contributed by atoms with Crippen LogP contribution in [0.2, 0.25) is 0 Å². The predicted molar refractivity (Wildman–Crippen MR) is 66.5 cm³/mol. The Kier molecular flexibility index (Phi) is 4.77. The van der Waals surface area contributed by atoms with Crippen molar-refractivity contribution in [3.8, 4) is 0 Å². The van der Waals surface area contributed by atoms with E-state index < -0.39 is 0 Å². The lowest BCUT2D eigenvalue weighted by molar-refractivity contribution is -0.118. The molecule has 1 saturated heterocycles. The highest BCUT2D eigenvalue weighted by atomic mass is 79.9. The molecule has 1 fully saturated rings. The van der Waals surface area contributed by atoms with Gasteiger partial charge in [-0.05, 0) is 24.1 Å². The van der Waals surface area contributed by atoms with Gasteiger partial charge in [0.25, 0.3) is 0 Å². The van der Waals surface area contributed by atoms with Crippen molar-refractivity contribution in [1.29, 1.82) is 0 Å². The molecule has 2 nitrogen and oxygen atoms in total. The first-order valence-electron chi connectivity index (χ1n) is 4.76. The highest BCUT2D eigenvalue weighted by Gasteiger charge is 2.23. The average Bonchev–Trinajstić information content (AvgIpc) is 2.52. The van der Waals surface area contributed by atoms with Crippen LogP contribution in [0, 0.1) is 0 Å². The monoisotopic (exact) mass is 289 g/mol. The maximum Gasteiger partial charge on any atom is 0.151 e. The van der Waals surface area contributed by atoms with Gasteiger partial charge in [0, 0.05) is 17.4 Å². The van der Waals surface area contributed by atoms with Gasteiger partial charge in [-0.15, -0.1) is 12.4 Å². The van der Waals surface area contributed by atoms with E-state index in [0.717, 1.165) is 17.4 Å². The summed E-state index contributed by atoms with van der Waals surface area (Å²) >= 11 is 3.42. The molecule has 1 aliphatic rings. The van der Waals surface area contributed by atoms with Crippen LogP contribution in [0.4, 0.5) is 0 Å². The van der Waals surface area contributed by atoms with E-state index in [1.807, 2.05) is 12.1 Å². The summed E-state index contributed by atoms with van der Waals surface area (Å²) in [4.78, 5) is 11.4. The Morgan fingerprint density at radius 2 is 2.27 bits per heavy atom. The Morgan fingerprint density at radius 1 is 1.47 bits per heavy atom. The van der Waals surface area contributed by atoms with E-state index in [0.29, 0.717) is 12.2 Å². The van der Waals surface area contributed by atoms with Gasteiger partial charge in [0.15, 0.2) is 5.78 Å². The van der Waals surface area contributed by atoms with Gasteiger partial charge in [-0.3, -0.25) is 4.79 Å². The fourth-order valence-electron chi connectivity index (χ4n) is 1.74. The van der Waals surface area contributed by atoms with Gasteiger partial charge in [0.2, 0.25) is 0 Å². The number of carbonyl (C=O) groups is 1. The van der Waals surface area contributed by atoms with Crippen LogP contribution in [0.1, 0.15) is 12.0 Å². The maximum atomic E-state index is 11.4. The second kappa shape index (κ2) is 5.64. The largest absolute Gasteiger partial charge is 0.307 e. The Labute approximate surface area is 104 Å². The molecule has 0 amide bonds. The molecule has 0 saturated carbocycles. The Bertz CT molecular complexity index is 356. The molecule has 15 heavy (non-hydrogen) atoms. The lowest BCUT2D eigenvalue weighted by Crippen LogP contribution is -2.29. The summed E-state index contributed by atoms with van der Waals surface area (Å²) in [6, 6.07) is 8.14. The predicted octanol–water partition coefficient (Wildman–Crippen LogP) is 2.34. The number of hydrogen-bond donors (Lipinski definition) is 1. The van der Waals surface area contributed by atoms with E-state index in [-0.39, 0.29) is 18.4 Å². The summed E-state index contributed by atoms with van der Waals surface area (Å²) in [5.41, 5.74) is 1.20. The first-order valence-corrected chi connectivity index (χ1v) is 5.55. The van der Waals surface area contributed by atoms with Crippen LogP contribution >= 0.6 is 28.3 Å². The van der Waals surface area contributed by atoms with Gasteiger partial charge in [-0.2, -0.15) is 0 Å². The van der Waals surface area contributed by atoms with Crippen molar-refractivity contribution >= 4 is 34.1 Å². The molecule has 1 aliphatic heterocycles.